The lowest BCUT2D eigenvalue weighted by Gasteiger charge is -2.12. The molecular weight excluding hydrogens is 518 g/mol. The summed E-state index contributed by atoms with van der Waals surface area (Å²) in [6.07, 6.45) is 0. The second kappa shape index (κ2) is 9.31. The molecule has 0 radical (unpaired) electrons. The van der Waals surface area contributed by atoms with Gasteiger partial charge in [0.05, 0.1) is 39.5 Å². The molecular formula is C22H22ClN3O5S3. The zero-order valence-corrected chi connectivity index (χ0v) is 21.8. The van der Waals surface area contributed by atoms with Gasteiger partial charge in [-0.25, -0.2) is 21.1 Å². The van der Waals surface area contributed by atoms with Crippen LogP contribution in [0.4, 0.5) is 0 Å². The molecule has 0 bridgehead atoms. The van der Waals surface area contributed by atoms with Crippen molar-refractivity contribution in [3.63, 3.8) is 0 Å². The summed E-state index contributed by atoms with van der Waals surface area (Å²) < 4.78 is 60.0. The maximum absolute atomic E-state index is 13.0. The molecule has 0 fully saturated rings. The standard InChI is InChI=1S/C22H22ClN3O5S3/c1-25(2)34(29,30)16-7-4-6-15(12-16)13-26-18-8-5-9-19(31-3)22(18)17(24-26)14-33(27,28)21-11-10-20(23)32-21/h4-12H,13-14H2,1-3H3. The van der Waals surface area contributed by atoms with Crippen molar-refractivity contribution in [2.24, 2.45) is 0 Å². The van der Waals surface area contributed by atoms with E-state index >= 15 is 0 Å². The second-order valence-corrected chi connectivity index (χ2v) is 13.8. The van der Waals surface area contributed by atoms with E-state index in [4.69, 9.17) is 16.3 Å². The van der Waals surface area contributed by atoms with Gasteiger partial charge in [-0.15, -0.1) is 11.3 Å². The van der Waals surface area contributed by atoms with E-state index in [1.165, 1.54) is 33.3 Å². The number of hydrogen-bond acceptors (Lipinski definition) is 7. The van der Waals surface area contributed by atoms with E-state index in [-0.39, 0.29) is 21.4 Å². The Labute approximate surface area is 207 Å². The first-order chi connectivity index (χ1) is 16.0. The first kappa shape index (κ1) is 24.7. The SMILES string of the molecule is COc1cccc2c1c(CS(=O)(=O)c1ccc(Cl)s1)nn2Cc1cccc(S(=O)(=O)N(C)C)c1. The lowest BCUT2D eigenvalue weighted by Crippen LogP contribution is -2.22. The highest BCUT2D eigenvalue weighted by atomic mass is 35.5. The molecule has 34 heavy (non-hydrogen) atoms. The Morgan fingerprint density at radius 2 is 1.79 bits per heavy atom. The summed E-state index contributed by atoms with van der Waals surface area (Å²) >= 11 is 6.93. The predicted molar refractivity (Wildman–Crippen MR) is 133 cm³/mol. The van der Waals surface area contributed by atoms with Gasteiger partial charge in [0, 0.05) is 14.1 Å². The van der Waals surface area contributed by atoms with Crippen LogP contribution in [-0.4, -0.2) is 52.1 Å². The van der Waals surface area contributed by atoms with Crippen LogP contribution >= 0.6 is 22.9 Å². The number of sulfone groups is 1. The van der Waals surface area contributed by atoms with Crippen molar-refractivity contribution in [3.8, 4) is 5.75 Å². The van der Waals surface area contributed by atoms with E-state index in [0.717, 1.165) is 15.6 Å². The molecule has 0 saturated heterocycles. The Bertz CT molecular complexity index is 1570. The van der Waals surface area contributed by atoms with Crippen LogP contribution in [0.3, 0.4) is 0 Å². The number of sulfonamides is 1. The third-order valence-corrected chi connectivity index (χ3v) is 10.5. The van der Waals surface area contributed by atoms with Crippen LogP contribution in [-0.2, 0) is 32.2 Å². The molecule has 0 N–H and O–H groups in total. The van der Waals surface area contributed by atoms with Gasteiger partial charge in [-0.1, -0.05) is 29.8 Å². The zero-order valence-electron chi connectivity index (χ0n) is 18.6. The summed E-state index contributed by atoms with van der Waals surface area (Å²) in [6.45, 7) is 0.241. The predicted octanol–water partition coefficient (Wildman–Crippen LogP) is 4.03. The molecule has 2 aromatic carbocycles. The highest BCUT2D eigenvalue weighted by Crippen LogP contribution is 2.33. The van der Waals surface area contributed by atoms with Crippen LogP contribution < -0.4 is 4.74 Å². The minimum atomic E-state index is -3.69. The summed E-state index contributed by atoms with van der Waals surface area (Å²) in [5.74, 6) is 0.171. The second-order valence-electron chi connectivity index (χ2n) is 7.71. The van der Waals surface area contributed by atoms with Crippen molar-refractivity contribution in [3.05, 3.63) is 70.2 Å². The molecule has 0 unspecified atom stereocenters. The van der Waals surface area contributed by atoms with Gasteiger partial charge in [0.2, 0.25) is 10.0 Å². The number of ether oxygens (including phenoxy) is 1. The summed E-state index contributed by atoms with van der Waals surface area (Å²) in [5.41, 5.74) is 1.72. The van der Waals surface area contributed by atoms with Crippen molar-refractivity contribution in [2.45, 2.75) is 21.4 Å². The van der Waals surface area contributed by atoms with Crippen molar-refractivity contribution in [1.29, 1.82) is 0 Å². The molecule has 0 atom stereocenters. The van der Waals surface area contributed by atoms with Gasteiger partial charge < -0.3 is 4.74 Å². The van der Waals surface area contributed by atoms with E-state index < -0.39 is 19.9 Å². The number of hydrogen-bond donors (Lipinski definition) is 0. The van der Waals surface area contributed by atoms with Crippen LogP contribution in [0.25, 0.3) is 10.9 Å². The molecule has 0 saturated carbocycles. The van der Waals surface area contributed by atoms with Gasteiger partial charge in [0.15, 0.2) is 9.84 Å². The van der Waals surface area contributed by atoms with E-state index in [1.807, 2.05) is 6.07 Å². The van der Waals surface area contributed by atoms with E-state index in [1.54, 1.807) is 41.1 Å². The molecule has 4 aromatic rings. The Balaban J connectivity index is 1.79. The van der Waals surface area contributed by atoms with E-state index in [2.05, 4.69) is 5.10 Å². The lowest BCUT2D eigenvalue weighted by molar-refractivity contribution is 0.419. The Morgan fingerprint density at radius 3 is 2.44 bits per heavy atom. The molecule has 0 aliphatic carbocycles. The van der Waals surface area contributed by atoms with E-state index in [9.17, 15) is 16.8 Å². The third kappa shape index (κ3) is 4.71. The quantitative estimate of drug-likeness (QED) is 0.335. The monoisotopic (exact) mass is 539 g/mol. The molecule has 4 rings (SSSR count). The third-order valence-electron chi connectivity index (χ3n) is 5.22. The Morgan fingerprint density at radius 1 is 1.06 bits per heavy atom. The first-order valence-corrected chi connectivity index (χ1v) is 14.3. The largest absolute Gasteiger partial charge is 0.496 e. The molecule has 2 heterocycles. The van der Waals surface area contributed by atoms with Crippen molar-refractivity contribution < 1.29 is 21.6 Å². The van der Waals surface area contributed by atoms with Gasteiger partial charge in [0.1, 0.15) is 15.7 Å². The molecule has 12 heteroatoms. The van der Waals surface area contributed by atoms with Gasteiger partial charge in [-0.05, 0) is 42.0 Å². The van der Waals surface area contributed by atoms with Gasteiger partial charge in [-0.2, -0.15) is 5.10 Å². The zero-order chi connectivity index (χ0) is 24.7. The maximum atomic E-state index is 13.0. The first-order valence-electron chi connectivity index (χ1n) is 10.0. The number of aromatic nitrogens is 2. The van der Waals surface area contributed by atoms with Crippen LogP contribution in [0.15, 0.2) is 63.7 Å². The smallest absolute Gasteiger partial charge is 0.242 e. The molecule has 0 amide bonds. The molecule has 0 aliphatic rings. The number of fused-ring (bicyclic) bond motifs is 1. The van der Waals surface area contributed by atoms with Gasteiger partial charge in [0.25, 0.3) is 0 Å². The average molecular weight is 540 g/mol. The normalized spacial score (nSPS) is 12.5. The number of nitrogens with zero attached hydrogens (tertiary/aromatic N) is 3. The maximum Gasteiger partial charge on any atom is 0.242 e. The number of rotatable bonds is 8. The topological polar surface area (TPSA) is 98.6 Å². The minimum absolute atomic E-state index is 0.164. The summed E-state index contributed by atoms with van der Waals surface area (Å²) in [5, 5.41) is 5.20. The highest BCUT2D eigenvalue weighted by Gasteiger charge is 2.24. The van der Waals surface area contributed by atoms with Crippen LogP contribution in [0.1, 0.15) is 11.3 Å². The lowest BCUT2D eigenvalue weighted by atomic mass is 10.2. The van der Waals surface area contributed by atoms with E-state index in [0.29, 0.717) is 32.2 Å². The summed E-state index contributed by atoms with van der Waals surface area (Å²) in [7, 11) is -2.82. The molecule has 2 aromatic heterocycles. The minimum Gasteiger partial charge on any atom is -0.496 e. The fourth-order valence-electron chi connectivity index (χ4n) is 3.57. The molecule has 0 aliphatic heterocycles. The average Bonchev–Trinajstić information content (AvgIpc) is 3.38. The summed E-state index contributed by atoms with van der Waals surface area (Å²) in [6, 6.07) is 15.0. The van der Waals surface area contributed by atoms with Gasteiger partial charge >= 0.3 is 0 Å². The van der Waals surface area contributed by atoms with Crippen molar-refractivity contribution in [2.75, 3.05) is 21.2 Å². The molecule has 8 nitrogen and oxygen atoms in total. The van der Waals surface area contributed by atoms with Crippen LogP contribution in [0.2, 0.25) is 4.34 Å². The molecule has 0 spiro atoms. The molecule has 180 valence electrons. The van der Waals surface area contributed by atoms with Crippen LogP contribution in [0, 0.1) is 0 Å². The number of methoxy groups -OCH3 is 1. The highest BCUT2D eigenvalue weighted by molar-refractivity contribution is 7.92. The summed E-state index contributed by atoms with van der Waals surface area (Å²) in [4.78, 5) is 0.168. The van der Waals surface area contributed by atoms with Crippen molar-refractivity contribution >= 4 is 53.7 Å². The van der Waals surface area contributed by atoms with Crippen molar-refractivity contribution in [1.82, 2.24) is 14.1 Å². The van der Waals surface area contributed by atoms with Crippen LogP contribution in [0.5, 0.6) is 5.75 Å². The Kier molecular flexibility index (Phi) is 6.76. The Hall–Kier alpha value is -2.44. The fourth-order valence-corrected chi connectivity index (χ4v) is 7.39. The van der Waals surface area contributed by atoms with Gasteiger partial charge in [-0.3, -0.25) is 4.68 Å². The fraction of sp³-hybridized carbons (Fsp3) is 0.227. The number of thiophene rings is 1. The number of benzene rings is 2. The number of halogens is 1.